The van der Waals surface area contributed by atoms with Crippen LogP contribution < -0.4 is 0 Å². The van der Waals surface area contributed by atoms with Gasteiger partial charge in [0.1, 0.15) is 0 Å². The molecule has 2 aliphatic heterocycles. The van der Waals surface area contributed by atoms with Gasteiger partial charge in [0, 0.05) is 19.8 Å². The molecule has 2 atom stereocenters. The lowest BCUT2D eigenvalue weighted by molar-refractivity contribution is 0.0713. The number of aliphatic hydroxyl groups is 1. The molecule has 0 radical (unpaired) electrons. The van der Waals surface area contributed by atoms with Crippen LogP contribution in [0.25, 0.3) is 0 Å². The first-order valence-electron chi connectivity index (χ1n) is 8.38. The smallest absolute Gasteiger partial charge is 0.214 e. The topological polar surface area (TPSA) is 66.8 Å². The van der Waals surface area contributed by atoms with Crippen molar-refractivity contribution in [3.05, 3.63) is 35.9 Å². The van der Waals surface area contributed by atoms with Crippen LogP contribution in [0.2, 0.25) is 0 Å². The summed E-state index contributed by atoms with van der Waals surface area (Å²) in [5.41, 5.74) is 0.783. The number of rotatable bonds is 5. The van der Waals surface area contributed by atoms with Gasteiger partial charge in [-0.05, 0) is 37.2 Å². The molecule has 23 heavy (non-hydrogen) atoms. The van der Waals surface area contributed by atoms with Gasteiger partial charge in [0.2, 0.25) is 10.0 Å². The maximum atomic E-state index is 12.8. The van der Waals surface area contributed by atoms with E-state index < -0.39 is 16.1 Å². The molecule has 2 heterocycles. The molecule has 1 N–H and O–H groups in total. The van der Waals surface area contributed by atoms with Gasteiger partial charge in [0.25, 0.3) is 0 Å². The Morgan fingerprint density at radius 2 is 1.87 bits per heavy atom. The van der Waals surface area contributed by atoms with Gasteiger partial charge in [-0.3, -0.25) is 0 Å². The van der Waals surface area contributed by atoms with Crippen molar-refractivity contribution >= 4 is 10.0 Å². The molecule has 2 unspecified atom stereocenters. The first kappa shape index (κ1) is 16.9. The van der Waals surface area contributed by atoms with Crippen molar-refractivity contribution < 1.29 is 18.3 Å². The van der Waals surface area contributed by atoms with Gasteiger partial charge in [0.15, 0.2) is 0 Å². The van der Waals surface area contributed by atoms with E-state index in [1.165, 1.54) is 0 Å². The van der Waals surface area contributed by atoms with Crippen LogP contribution in [-0.4, -0.2) is 49.4 Å². The number of sulfonamides is 1. The first-order valence-corrected chi connectivity index (χ1v) is 9.99. The number of nitrogens with zero attached hydrogens (tertiary/aromatic N) is 1. The lowest BCUT2D eigenvalue weighted by Gasteiger charge is -2.30. The van der Waals surface area contributed by atoms with E-state index in [-0.39, 0.29) is 17.7 Å². The minimum absolute atomic E-state index is 0.170. The molecule has 0 aliphatic carbocycles. The van der Waals surface area contributed by atoms with Crippen LogP contribution in [-0.2, 0) is 14.8 Å². The quantitative estimate of drug-likeness (QED) is 0.890. The summed E-state index contributed by atoms with van der Waals surface area (Å²) >= 11 is 0. The van der Waals surface area contributed by atoms with Crippen molar-refractivity contribution in [2.75, 3.05) is 25.5 Å². The van der Waals surface area contributed by atoms with Crippen molar-refractivity contribution in [2.24, 2.45) is 5.92 Å². The number of ether oxygens (including phenoxy) is 1. The van der Waals surface area contributed by atoms with Crippen LogP contribution in [0.4, 0.5) is 0 Å². The summed E-state index contributed by atoms with van der Waals surface area (Å²) in [6.07, 6.45) is 2.37. The summed E-state index contributed by atoms with van der Waals surface area (Å²) in [5, 5.41) is 10.6. The zero-order chi connectivity index (χ0) is 16.3. The SMILES string of the molecule is O=S(=O)(CC1CCOCC1)N1CCCC1C(O)c1ccccc1. The Balaban J connectivity index is 1.72. The minimum Gasteiger partial charge on any atom is -0.387 e. The summed E-state index contributed by atoms with van der Waals surface area (Å²) in [6.45, 7) is 1.81. The molecule has 0 amide bonds. The molecule has 0 bridgehead atoms. The molecule has 2 fully saturated rings. The standard InChI is InChI=1S/C17H25NO4S/c19-17(15-5-2-1-3-6-15)16-7-4-10-18(16)23(20,21)13-14-8-11-22-12-9-14/h1-3,5-6,14,16-17,19H,4,7-13H2. The van der Waals surface area contributed by atoms with Crippen LogP contribution in [0, 0.1) is 5.92 Å². The fourth-order valence-corrected chi connectivity index (χ4v) is 5.77. The molecule has 1 aromatic carbocycles. The van der Waals surface area contributed by atoms with Gasteiger partial charge in [-0.25, -0.2) is 8.42 Å². The molecular formula is C17H25NO4S. The Morgan fingerprint density at radius 1 is 1.17 bits per heavy atom. The summed E-state index contributed by atoms with van der Waals surface area (Å²) in [4.78, 5) is 0. The monoisotopic (exact) mass is 339 g/mol. The van der Waals surface area contributed by atoms with Gasteiger partial charge in [-0.2, -0.15) is 4.31 Å². The zero-order valence-electron chi connectivity index (χ0n) is 13.3. The molecule has 1 aromatic rings. The highest BCUT2D eigenvalue weighted by Gasteiger charge is 2.39. The Hall–Kier alpha value is -0.950. The third-order valence-electron chi connectivity index (χ3n) is 4.90. The van der Waals surface area contributed by atoms with Gasteiger partial charge >= 0.3 is 0 Å². The van der Waals surface area contributed by atoms with E-state index in [0.717, 1.165) is 24.8 Å². The van der Waals surface area contributed by atoms with Crippen LogP contribution in [0.15, 0.2) is 30.3 Å². The van der Waals surface area contributed by atoms with Crippen molar-refractivity contribution in [1.82, 2.24) is 4.31 Å². The molecule has 3 rings (SSSR count). The predicted molar refractivity (Wildman–Crippen MR) is 88.5 cm³/mol. The van der Waals surface area contributed by atoms with Crippen molar-refractivity contribution in [2.45, 2.75) is 37.8 Å². The average Bonchev–Trinajstić information content (AvgIpc) is 3.06. The van der Waals surface area contributed by atoms with Gasteiger partial charge in [-0.15, -0.1) is 0 Å². The molecule has 2 aliphatic rings. The third kappa shape index (κ3) is 3.94. The second-order valence-electron chi connectivity index (χ2n) is 6.51. The molecule has 5 nitrogen and oxygen atoms in total. The van der Waals surface area contributed by atoms with Crippen molar-refractivity contribution in [3.8, 4) is 0 Å². The Kier molecular flexibility index (Phi) is 5.36. The highest BCUT2D eigenvalue weighted by atomic mass is 32.2. The molecule has 128 valence electrons. The molecule has 0 saturated carbocycles. The van der Waals surface area contributed by atoms with E-state index in [2.05, 4.69) is 0 Å². The van der Waals surface area contributed by atoms with E-state index in [4.69, 9.17) is 4.74 Å². The van der Waals surface area contributed by atoms with Gasteiger partial charge < -0.3 is 9.84 Å². The normalized spacial score (nSPS) is 25.5. The predicted octanol–water partition coefficient (Wildman–Crippen LogP) is 1.94. The average molecular weight is 339 g/mol. The van der Waals surface area contributed by atoms with E-state index in [9.17, 15) is 13.5 Å². The molecule has 6 heteroatoms. The second-order valence-corrected chi connectivity index (χ2v) is 8.48. The second kappa shape index (κ2) is 7.30. The van der Waals surface area contributed by atoms with Crippen LogP contribution in [0.1, 0.15) is 37.4 Å². The number of hydrogen-bond acceptors (Lipinski definition) is 4. The van der Waals surface area contributed by atoms with Crippen LogP contribution in [0.5, 0.6) is 0 Å². The zero-order valence-corrected chi connectivity index (χ0v) is 14.1. The summed E-state index contributed by atoms with van der Waals surface area (Å²) < 4.78 is 32.5. The maximum absolute atomic E-state index is 12.8. The van der Waals surface area contributed by atoms with E-state index in [1.54, 1.807) is 4.31 Å². The van der Waals surface area contributed by atoms with Crippen molar-refractivity contribution in [3.63, 3.8) is 0 Å². The summed E-state index contributed by atoms with van der Waals surface area (Å²) in [6, 6.07) is 8.99. The van der Waals surface area contributed by atoms with Gasteiger partial charge in [-0.1, -0.05) is 30.3 Å². The number of aliphatic hydroxyl groups excluding tert-OH is 1. The number of hydrogen-bond donors (Lipinski definition) is 1. The highest BCUT2D eigenvalue weighted by molar-refractivity contribution is 7.89. The van der Waals surface area contributed by atoms with Crippen LogP contribution >= 0.6 is 0 Å². The van der Waals surface area contributed by atoms with Crippen LogP contribution in [0.3, 0.4) is 0 Å². The Bertz CT molecular complexity index is 598. The summed E-state index contributed by atoms with van der Waals surface area (Å²) in [5.74, 6) is 0.345. The summed E-state index contributed by atoms with van der Waals surface area (Å²) in [7, 11) is -3.34. The van der Waals surface area contributed by atoms with E-state index in [1.807, 2.05) is 30.3 Å². The Morgan fingerprint density at radius 3 is 2.57 bits per heavy atom. The minimum atomic E-state index is -3.34. The molecule has 0 spiro atoms. The highest BCUT2D eigenvalue weighted by Crippen LogP contribution is 2.32. The lowest BCUT2D eigenvalue weighted by Crippen LogP contribution is -2.42. The van der Waals surface area contributed by atoms with Crippen molar-refractivity contribution in [1.29, 1.82) is 0 Å². The van der Waals surface area contributed by atoms with E-state index in [0.29, 0.717) is 26.2 Å². The maximum Gasteiger partial charge on any atom is 0.214 e. The Labute approximate surface area is 138 Å². The fraction of sp³-hybridized carbons (Fsp3) is 0.647. The fourth-order valence-electron chi connectivity index (χ4n) is 3.61. The first-order chi connectivity index (χ1) is 11.1. The molecule has 0 aromatic heterocycles. The lowest BCUT2D eigenvalue weighted by atomic mass is 10.0. The third-order valence-corrected chi connectivity index (χ3v) is 6.96. The van der Waals surface area contributed by atoms with E-state index >= 15 is 0 Å². The number of benzene rings is 1. The molecule has 2 saturated heterocycles. The van der Waals surface area contributed by atoms with Gasteiger partial charge in [0.05, 0.1) is 17.9 Å². The largest absolute Gasteiger partial charge is 0.387 e. The molecular weight excluding hydrogens is 314 g/mol.